The fourth-order valence-electron chi connectivity index (χ4n) is 2.48. The van der Waals surface area contributed by atoms with Crippen LogP contribution in [0.3, 0.4) is 0 Å². The number of carbonyl (C=O) groups excluding carboxylic acids is 1. The van der Waals surface area contributed by atoms with Gasteiger partial charge in [0.25, 0.3) is 0 Å². The summed E-state index contributed by atoms with van der Waals surface area (Å²) in [7, 11) is -2.18. The number of methoxy groups -OCH3 is 1. The predicted molar refractivity (Wildman–Crippen MR) is 100 cm³/mol. The number of para-hydroxylation sites is 2. The molecule has 0 spiro atoms. The third kappa shape index (κ3) is 5.04. The van der Waals surface area contributed by atoms with Crippen molar-refractivity contribution in [2.45, 2.75) is 30.8 Å². The standard InChI is InChI=1S/C18H23N3O4S/c1-12(14-8-10-15(11-9-14)26(19,23)24)20-13(2)18(22)21-16-6-4-5-7-17(16)25-3/h4-13,20H,1-3H3,(H,21,22)(H2,19,23,24)/t12-,13+/m1/s1. The second kappa shape index (κ2) is 8.31. The molecule has 2 aromatic carbocycles. The van der Waals surface area contributed by atoms with Crippen LogP contribution in [-0.2, 0) is 14.8 Å². The lowest BCUT2D eigenvalue weighted by Crippen LogP contribution is -2.39. The van der Waals surface area contributed by atoms with Crippen molar-refractivity contribution in [3.8, 4) is 5.75 Å². The van der Waals surface area contributed by atoms with Crippen LogP contribution >= 0.6 is 0 Å². The summed E-state index contributed by atoms with van der Waals surface area (Å²) in [6.45, 7) is 3.64. The second-order valence-corrected chi connectivity index (χ2v) is 7.48. The number of primary sulfonamides is 1. The van der Waals surface area contributed by atoms with Gasteiger partial charge in [0.1, 0.15) is 5.75 Å². The van der Waals surface area contributed by atoms with E-state index in [-0.39, 0.29) is 16.8 Å². The summed E-state index contributed by atoms with van der Waals surface area (Å²) in [5, 5.41) is 11.1. The van der Waals surface area contributed by atoms with Crippen LogP contribution in [-0.4, -0.2) is 27.5 Å². The van der Waals surface area contributed by atoms with E-state index in [2.05, 4.69) is 10.6 Å². The zero-order valence-electron chi connectivity index (χ0n) is 14.9. The normalized spacial score (nSPS) is 13.7. The van der Waals surface area contributed by atoms with E-state index in [1.807, 2.05) is 19.1 Å². The molecule has 4 N–H and O–H groups in total. The fourth-order valence-corrected chi connectivity index (χ4v) is 3.00. The minimum Gasteiger partial charge on any atom is -0.495 e. The average molecular weight is 377 g/mol. The van der Waals surface area contributed by atoms with E-state index in [4.69, 9.17) is 9.88 Å². The number of rotatable bonds is 7. The lowest BCUT2D eigenvalue weighted by atomic mass is 10.1. The maximum atomic E-state index is 12.4. The Kier molecular flexibility index (Phi) is 6.36. The summed E-state index contributed by atoms with van der Waals surface area (Å²) in [6, 6.07) is 12.8. The molecular weight excluding hydrogens is 354 g/mol. The Morgan fingerprint density at radius 3 is 2.27 bits per heavy atom. The molecule has 0 bridgehead atoms. The van der Waals surface area contributed by atoms with E-state index in [1.54, 1.807) is 38.3 Å². The van der Waals surface area contributed by atoms with Gasteiger partial charge in [-0.1, -0.05) is 24.3 Å². The van der Waals surface area contributed by atoms with Gasteiger partial charge < -0.3 is 10.1 Å². The summed E-state index contributed by atoms with van der Waals surface area (Å²) in [4.78, 5) is 12.5. The molecule has 1 amide bonds. The summed E-state index contributed by atoms with van der Waals surface area (Å²) < 4.78 is 27.8. The molecule has 2 rings (SSSR count). The van der Waals surface area contributed by atoms with Crippen LogP contribution in [0, 0.1) is 0 Å². The Bertz CT molecular complexity index is 866. The number of nitrogens with two attached hydrogens (primary N) is 1. The molecule has 8 heteroatoms. The first-order valence-electron chi connectivity index (χ1n) is 8.05. The molecule has 0 fully saturated rings. The van der Waals surface area contributed by atoms with E-state index in [0.717, 1.165) is 5.56 Å². The maximum Gasteiger partial charge on any atom is 0.241 e. The van der Waals surface area contributed by atoms with Gasteiger partial charge in [-0.15, -0.1) is 0 Å². The fraction of sp³-hybridized carbons (Fsp3) is 0.278. The van der Waals surface area contributed by atoms with Crippen molar-refractivity contribution in [2.24, 2.45) is 5.14 Å². The minimum atomic E-state index is -3.72. The molecule has 0 aliphatic heterocycles. The van der Waals surface area contributed by atoms with Crippen LogP contribution in [0.2, 0.25) is 0 Å². The van der Waals surface area contributed by atoms with E-state index in [0.29, 0.717) is 11.4 Å². The van der Waals surface area contributed by atoms with Gasteiger partial charge >= 0.3 is 0 Å². The monoisotopic (exact) mass is 377 g/mol. The highest BCUT2D eigenvalue weighted by atomic mass is 32.2. The van der Waals surface area contributed by atoms with Crippen molar-refractivity contribution in [3.63, 3.8) is 0 Å². The summed E-state index contributed by atoms with van der Waals surface area (Å²) in [5.41, 5.74) is 1.44. The zero-order valence-corrected chi connectivity index (χ0v) is 15.7. The Labute approximate surface area is 153 Å². The van der Waals surface area contributed by atoms with Crippen molar-refractivity contribution >= 4 is 21.6 Å². The summed E-state index contributed by atoms with van der Waals surface area (Å²) >= 11 is 0. The first-order valence-corrected chi connectivity index (χ1v) is 9.59. The molecule has 7 nitrogen and oxygen atoms in total. The molecule has 0 saturated heterocycles. The maximum absolute atomic E-state index is 12.4. The van der Waals surface area contributed by atoms with Gasteiger partial charge in [-0.05, 0) is 43.7 Å². The van der Waals surface area contributed by atoms with E-state index >= 15 is 0 Å². The summed E-state index contributed by atoms with van der Waals surface area (Å²) in [5.74, 6) is 0.377. The number of amides is 1. The number of carbonyl (C=O) groups is 1. The zero-order chi connectivity index (χ0) is 19.3. The molecule has 0 heterocycles. The van der Waals surface area contributed by atoms with Crippen LogP contribution in [0.1, 0.15) is 25.5 Å². The first kappa shape index (κ1) is 19.9. The number of anilines is 1. The van der Waals surface area contributed by atoms with Crippen molar-refractivity contribution in [1.29, 1.82) is 0 Å². The van der Waals surface area contributed by atoms with Crippen LogP contribution in [0.4, 0.5) is 5.69 Å². The van der Waals surface area contributed by atoms with Crippen molar-refractivity contribution in [2.75, 3.05) is 12.4 Å². The largest absolute Gasteiger partial charge is 0.495 e. The molecule has 0 aromatic heterocycles. The molecule has 26 heavy (non-hydrogen) atoms. The second-order valence-electron chi connectivity index (χ2n) is 5.91. The van der Waals surface area contributed by atoms with Crippen molar-refractivity contribution in [1.82, 2.24) is 5.32 Å². The van der Waals surface area contributed by atoms with Gasteiger partial charge in [-0.2, -0.15) is 0 Å². The highest BCUT2D eigenvalue weighted by Crippen LogP contribution is 2.23. The molecule has 2 aromatic rings. The number of sulfonamides is 1. The van der Waals surface area contributed by atoms with Gasteiger partial charge in [-0.25, -0.2) is 13.6 Å². The third-order valence-electron chi connectivity index (χ3n) is 3.97. The lowest BCUT2D eigenvalue weighted by molar-refractivity contribution is -0.118. The smallest absolute Gasteiger partial charge is 0.241 e. The molecule has 0 radical (unpaired) electrons. The van der Waals surface area contributed by atoms with Crippen molar-refractivity contribution < 1.29 is 17.9 Å². The van der Waals surface area contributed by atoms with Gasteiger partial charge in [0.05, 0.1) is 23.7 Å². The topological polar surface area (TPSA) is 111 Å². The first-order chi connectivity index (χ1) is 12.2. The van der Waals surface area contributed by atoms with Crippen LogP contribution in [0.25, 0.3) is 0 Å². The molecule has 140 valence electrons. The number of nitrogens with one attached hydrogen (secondary N) is 2. The van der Waals surface area contributed by atoms with Gasteiger partial charge in [0.15, 0.2) is 0 Å². The molecule has 0 saturated carbocycles. The molecule has 0 aliphatic rings. The van der Waals surface area contributed by atoms with Crippen LogP contribution < -0.4 is 20.5 Å². The minimum absolute atomic E-state index is 0.0513. The number of ether oxygens (including phenoxy) is 1. The third-order valence-corrected chi connectivity index (χ3v) is 4.90. The quantitative estimate of drug-likeness (QED) is 0.684. The lowest BCUT2D eigenvalue weighted by Gasteiger charge is -2.20. The van der Waals surface area contributed by atoms with E-state index in [9.17, 15) is 13.2 Å². The Morgan fingerprint density at radius 2 is 1.69 bits per heavy atom. The average Bonchev–Trinajstić information content (AvgIpc) is 2.61. The Balaban J connectivity index is 2.01. The van der Waals surface area contributed by atoms with Crippen LogP contribution in [0.5, 0.6) is 5.75 Å². The predicted octanol–water partition coefficient (Wildman–Crippen LogP) is 2.02. The van der Waals surface area contributed by atoms with Gasteiger partial charge in [-0.3, -0.25) is 10.1 Å². The van der Waals surface area contributed by atoms with Gasteiger partial charge in [0.2, 0.25) is 15.9 Å². The molecular formula is C18H23N3O4S. The number of hydrogen-bond acceptors (Lipinski definition) is 5. The summed E-state index contributed by atoms with van der Waals surface area (Å²) in [6.07, 6.45) is 0. The Morgan fingerprint density at radius 1 is 1.08 bits per heavy atom. The van der Waals surface area contributed by atoms with E-state index in [1.165, 1.54) is 12.1 Å². The number of hydrogen-bond donors (Lipinski definition) is 3. The molecule has 0 aliphatic carbocycles. The van der Waals surface area contributed by atoms with E-state index < -0.39 is 16.1 Å². The molecule has 2 atom stereocenters. The Hall–Kier alpha value is -2.42. The highest BCUT2D eigenvalue weighted by Gasteiger charge is 2.18. The highest BCUT2D eigenvalue weighted by molar-refractivity contribution is 7.89. The number of benzene rings is 2. The van der Waals surface area contributed by atoms with Crippen LogP contribution in [0.15, 0.2) is 53.4 Å². The SMILES string of the molecule is COc1ccccc1NC(=O)[C@H](C)N[C@H](C)c1ccc(S(N)(=O)=O)cc1. The molecule has 0 unspecified atom stereocenters. The van der Waals surface area contributed by atoms with Gasteiger partial charge in [0, 0.05) is 6.04 Å². The van der Waals surface area contributed by atoms with Crippen molar-refractivity contribution in [3.05, 3.63) is 54.1 Å².